The minimum Gasteiger partial charge on any atom is -0.371 e. The summed E-state index contributed by atoms with van der Waals surface area (Å²) in [6.07, 6.45) is -4.26. The van der Waals surface area contributed by atoms with Gasteiger partial charge in [-0.15, -0.1) is 0 Å². The summed E-state index contributed by atoms with van der Waals surface area (Å²) in [5.41, 5.74) is 0.287. The first-order valence-electron chi connectivity index (χ1n) is 6.99. The molecule has 1 aromatic carbocycles. The lowest BCUT2D eigenvalue weighted by molar-refractivity contribution is -0.137. The zero-order chi connectivity index (χ0) is 14.8. The van der Waals surface area contributed by atoms with Crippen LogP contribution in [0.15, 0.2) is 24.3 Å². The Morgan fingerprint density at radius 3 is 1.95 bits per heavy atom. The standard InChI is InChI=1S/C15H21F3N2/c1-11-7-19-8-12(2)10-20(9-11)14-5-3-13(4-6-14)15(16,17)18/h3-6,11-12,19H,7-10H2,1-2H3. The molecule has 20 heavy (non-hydrogen) atoms. The van der Waals surface area contributed by atoms with Crippen LogP contribution in [0.3, 0.4) is 0 Å². The number of hydrogen-bond donors (Lipinski definition) is 1. The van der Waals surface area contributed by atoms with Crippen LogP contribution in [-0.4, -0.2) is 26.2 Å². The molecule has 1 aliphatic rings. The van der Waals surface area contributed by atoms with Crippen LogP contribution >= 0.6 is 0 Å². The van der Waals surface area contributed by atoms with Crippen molar-refractivity contribution in [1.29, 1.82) is 0 Å². The summed E-state index contributed by atoms with van der Waals surface area (Å²) in [5.74, 6) is 0.953. The Balaban J connectivity index is 2.15. The Bertz CT molecular complexity index is 416. The molecule has 1 aromatic rings. The van der Waals surface area contributed by atoms with Gasteiger partial charge in [0.2, 0.25) is 0 Å². The first-order valence-corrected chi connectivity index (χ1v) is 6.99. The molecule has 0 radical (unpaired) electrons. The van der Waals surface area contributed by atoms with Gasteiger partial charge in [-0.3, -0.25) is 0 Å². The Morgan fingerprint density at radius 2 is 1.50 bits per heavy atom. The number of rotatable bonds is 1. The third kappa shape index (κ3) is 3.88. The van der Waals surface area contributed by atoms with Crippen molar-refractivity contribution < 1.29 is 13.2 Å². The van der Waals surface area contributed by atoms with Crippen molar-refractivity contribution in [3.63, 3.8) is 0 Å². The smallest absolute Gasteiger partial charge is 0.371 e. The number of hydrogen-bond acceptors (Lipinski definition) is 2. The number of nitrogens with zero attached hydrogens (tertiary/aromatic N) is 1. The zero-order valence-corrected chi connectivity index (χ0v) is 11.9. The molecule has 112 valence electrons. The molecule has 1 heterocycles. The molecule has 2 atom stereocenters. The van der Waals surface area contributed by atoms with Gasteiger partial charge in [0.05, 0.1) is 5.56 Å². The van der Waals surface area contributed by atoms with Crippen molar-refractivity contribution in [2.24, 2.45) is 11.8 Å². The van der Waals surface area contributed by atoms with Crippen LogP contribution in [-0.2, 0) is 6.18 Å². The molecule has 0 aliphatic carbocycles. The molecule has 5 heteroatoms. The summed E-state index contributed by atoms with van der Waals surface area (Å²) in [7, 11) is 0. The van der Waals surface area contributed by atoms with Crippen LogP contribution in [0.2, 0.25) is 0 Å². The quantitative estimate of drug-likeness (QED) is 0.851. The minimum absolute atomic E-state index is 0.477. The van der Waals surface area contributed by atoms with E-state index < -0.39 is 11.7 Å². The topological polar surface area (TPSA) is 15.3 Å². The highest BCUT2D eigenvalue weighted by molar-refractivity contribution is 5.48. The van der Waals surface area contributed by atoms with Crippen LogP contribution in [0.1, 0.15) is 19.4 Å². The molecule has 0 saturated carbocycles. The summed E-state index contributed by atoms with van der Waals surface area (Å²) in [6, 6.07) is 5.50. The molecule has 1 N–H and O–H groups in total. The van der Waals surface area contributed by atoms with E-state index in [1.54, 1.807) is 12.1 Å². The Morgan fingerprint density at radius 1 is 1.00 bits per heavy atom. The number of alkyl halides is 3. The first kappa shape index (κ1) is 15.2. The fourth-order valence-electron chi connectivity index (χ4n) is 2.60. The van der Waals surface area contributed by atoms with Gasteiger partial charge >= 0.3 is 6.18 Å². The van der Waals surface area contributed by atoms with Crippen molar-refractivity contribution >= 4 is 5.69 Å². The second kappa shape index (κ2) is 6.04. The lowest BCUT2D eigenvalue weighted by Crippen LogP contribution is -2.42. The molecule has 1 aliphatic heterocycles. The summed E-state index contributed by atoms with van der Waals surface area (Å²) >= 11 is 0. The Hall–Kier alpha value is -1.23. The first-order chi connectivity index (χ1) is 9.36. The van der Waals surface area contributed by atoms with Gasteiger partial charge in [0.1, 0.15) is 0 Å². The molecule has 0 spiro atoms. The van der Waals surface area contributed by atoms with Crippen LogP contribution in [0.25, 0.3) is 0 Å². The highest BCUT2D eigenvalue weighted by atomic mass is 19.4. The molecule has 2 rings (SSSR count). The van der Waals surface area contributed by atoms with E-state index in [2.05, 4.69) is 24.1 Å². The fourth-order valence-corrected chi connectivity index (χ4v) is 2.60. The van der Waals surface area contributed by atoms with Crippen molar-refractivity contribution in [2.45, 2.75) is 20.0 Å². The predicted molar refractivity (Wildman–Crippen MR) is 74.9 cm³/mol. The maximum Gasteiger partial charge on any atom is 0.416 e. The SMILES string of the molecule is CC1CNCC(C)CN(c2ccc(C(F)(F)F)cc2)C1. The van der Waals surface area contributed by atoms with E-state index in [1.165, 1.54) is 12.1 Å². The number of anilines is 1. The highest BCUT2D eigenvalue weighted by Crippen LogP contribution is 2.30. The number of nitrogens with one attached hydrogen (secondary N) is 1. The third-order valence-corrected chi connectivity index (χ3v) is 3.61. The molecule has 1 saturated heterocycles. The predicted octanol–water partition coefficient (Wildman–Crippen LogP) is 3.39. The summed E-state index contributed by atoms with van der Waals surface area (Å²) in [5, 5.41) is 3.41. The summed E-state index contributed by atoms with van der Waals surface area (Å²) < 4.78 is 37.7. The molecule has 0 bridgehead atoms. The summed E-state index contributed by atoms with van der Waals surface area (Å²) in [6.45, 7) is 7.93. The van der Waals surface area contributed by atoms with Gasteiger partial charge in [0, 0.05) is 18.8 Å². The fraction of sp³-hybridized carbons (Fsp3) is 0.600. The van der Waals surface area contributed by atoms with E-state index in [0.29, 0.717) is 11.8 Å². The molecular weight excluding hydrogens is 265 g/mol. The average molecular weight is 286 g/mol. The summed E-state index contributed by atoms with van der Waals surface area (Å²) in [4.78, 5) is 2.19. The van der Waals surface area contributed by atoms with Crippen LogP contribution in [0.4, 0.5) is 18.9 Å². The van der Waals surface area contributed by atoms with Gasteiger partial charge in [0.25, 0.3) is 0 Å². The monoisotopic (exact) mass is 286 g/mol. The largest absolute Gasteiger partial charge is 0.416 e. The van der Waals surface area contributed by atoms with Crippen molar-refractivity contribution in [3.05, 3.63) is 29.8 Å². The highest BCUT2D eigenvalue weighted by Gasteiger charge is 2.30. The minimum atomic E-state index is -4.26. The average Bonchev–Trinajstić information content (AvgIpc) is 2.35. The van der Waals surface area contributed by atoms with E-state index in [9.17, 15) is 13.2 Å². The molecule has 2 unspecified atom stereocenters. The molecule has 2 nitrogen and oxygen atoms in total. The lowest BCUT2D eigenvalue weighted by atomic mass is 10.0. The molecular formula is C15H21F3N2. The van der Waals surface area contributed by atoms with Crippen molar-refractivity contribution in [3.8, 4) is 0 Å². The van der Waals surface area contributed by atoms with Crippen molar-refractivity contribution in [2.75, 3.05) is 31.1 Å². The maximum absolute atomic E-state index is 12.6. The molecule has 0 aromatic heterocycles. The third-order valence-electron chi connectivity index (χ3n) is 3.61. The van der Waals surface area contributed by atoms with Gasteiger partial charge in [0.15, 0.2) is 0 Å². The van der Waals surface area contributed by atoms with E-state index in [0.717, 1.165) is 31.9 Å². The van der Waals surface area contributed by atoms with E-state index in [-0.39, 0.29) is 0 Å². The van der Waals surface area contributed by atoms with Crippen LogP contribution < -0.4 is 10.2 Å². The second-order valence-electron chi connectivity index (χ2n) is 5.82. The van der Waals surface area contributed by atoms with Gasteiger partial charge in [-0.1, -0.05) is 13.8 Å². The van der Waals surface area contributed by atoms with E-state index in [4.69, 9.17) is 0 Å². The Labute approximate surface area is 118 Å². The van der Waals surface area contributed by atoms with Crippen LogP contribution in [0.5, 0.6) is 0 Å². The maximum atomic E-state index is 12.6. The molecule has 0 amide bonds. The van der Waals surface area contributed by atoms with Gasteiger partial charge in [-0.05, 0) is 49.2 Å². The number of halogens is 3. The number of benzene rings is 1. The molecule has 1 fully saturated rings. The van der Waals surface area contributed by atoms with Gasteiger partial charge in [-0.2, -0.15) is 13.2 Å². The zero-order valence-electron chi connectivity index (χ0n) is 11.9. The van der Waals surface area contributed by atoms with Gasteiger partial charge < -0.3 is 10.2 Å². The van der Waals surface area contributed by atoms with E-state index >= 15 is 0 Å². The Kier molecular flexibility index (Phi) is 4.58. The normalized spacial score (nSPS) is 25.1. The van der Waals surface area contributed by atoms with Crippen LogP contribution in [0, 0.1) is 11.8 Å². The van der Waals surface area contributed by atoms with E-state index in [1.807, 2.05) is 0 Å². The van der Waals surface area contributed by atoms with Gasteiger partial charge in [-0.25, -0.2) is 0 Å². The lowest BCUT2D eigenvalue weighted by Gasteiger charge is -2.33. The second-order valence-corrected chi connectivity index (χ2v) is 5.82. The van der Waals surface area contributed by atoms with Crippen molar-refractivity contribution in [1.82, 2.24) is 5.32 Å².